The van der Waals surface area contributed by atoms with Gasteiger partial charge in [-0.2, -0.15) is 0 Å². The highest BCUT2D eigenvalue weighted by Gasteiger charge is 2.28. The predicted octanol–water partition coefficient (Wildman–Crippen LogP) is 3.13. The molecule has 1 aliphatic rings. The standard InChI is InChI=1S/C18H25BrN2O4/c1-18(2,3)25-17(23)20-13-7-8-21(11-13)16(22)10-12-5-6-15(24-4)14(19)9-12/h5-6,9,13H,7-8,10-11H2,1-4H3,(H,20,23)/t13-/m0/s1. The molecule has 0 radical (unpaired) electrons. The lowest BCUT2D eigenvalue weighted by Crippen LogP contribution is -2.41. The maximum Gasteiger partial charge on any atom is 0.407 e. The Balaban J connectivity index is 1.86. The minimum atomic E-state index is -0.528. The molecule has 0 spiro atoms. The van der Waals surface area contributed by atoms with Crippen molar-refractivity contribution in [3.8, 4) is 5.75 Å². The Labute approximate surface area is 157 Å². The van der Waals surface area contributed by atoms with E-state index in [9.17, 15) is 9.59 Å². The van der Waals surface area contributed by atoms with Gasteiger partial charge in [0.25, 0.3) is 0 Å². The summed E-state index contributed by atoms with van der Waals surface area (Å²) in [6, 6.07) is 5.54. The SMILES string of the molecule is COc1ccc(CC(=O)N2CC[C@H](NC(=O)OC(C)(C)C)C2)cc1Br. The van der Waals surface area contributed by atoms with E-state index in [-0.39, 0.29) is 11.9 Å². The van der Waals surface area contributed by atoms with Crippen molar-refractivity contribution >= 4 is 27.9 Å². The van der Waals surface area contributed by atoms with E-state index in [2.05, 4.69) is 21.2 Å². The average molecular weight is 413 g/mol. The molecule has 1 atom stereocenters. The van der Waals surface area contributed by atoms with Gasteiger partial charge in [-0.05, 0) is 60.8 Å². The fourth-order valence-electron chi connectivity index (χ4n) is 2.69. The number of nitrogens with zero attached hydrogens (tertiary/aromatic N) is 1. The van der Waals surface area contributed by atoms with Crippen LogP contribution in [0.15, 0.2) is 22.7 Å². The summed E-state index contributed by atoms with van der Waals surface area (Å²) < 4.78 is 11.3. The molecule has 1 saturated heterocycles. The summed E-state index contributed by atoms with van der Waals surface area (Å²) in [6.45, 7) is 6.62. The molecule has 6 nitrogen and oxygen atoms in total. The highest BCUT2D eigenvalue weighted by molar-refractivity contribution is 9.10. The molecular weight excluding hydrogens is 388 g/mol. The molecule has 1 aromatic rings. The number of rotatable bonds is 4. The minimum absolute atomic E-state index is 0.0468. The van der Waals surface area contributed by atoms with Crippen molar-refractivity contribution in [1.82, 2.24) is 10.2 Å². The van der Waals surface area contributed by atoms with Crippen molar-refractivity contribution in [2.24, 2.45) is 0 Å². The summed E-state index contributed by atoms with van der Waals surface area (Å²) in [4.78, 5) is 26.1. The molecule has 0 saturated carbocycles. The molecule has 0 unspecified atom stereocenters. The third kappa shape index (κ3) is 5.92. The zero-order valence-electron chi connectivity index (χ0n) is 15.1. The highest BCUT2D eigenvalue weighted by atomic mass is 79.9. The monoisotopic (exact) mass is 412 g/mol. The Kier molecular flexibility index (Phi) is 6.32. The molecule has 0 bridgehead atoms. The summed E-state index contributed by atoms with van der Waals surface area (Å²) in [5.41, 5.74) is 0.390. The Hall–Kier alpha value is -1.76. The molecule has 1 N–H and O–H groups in total. The molecule has 25 heavy (non-hydrogen) atoms. The van der Waals surface area contributed by atoms with Crippen LogP contribution in [0.3, 0.4) is 0 Å². The van der Waals surface area contributed by atoms with Gasteiger partial charge in [0, 0.05) is 13.1 Å². The third-order valence-corrected chi connectivity index (χ3v) is 4.45. The Morgan fingerprint density at radius 1 is 1.36 bits per heavy atom. The van der Waals surface area contributed by atoms with Crippen LogP contribution in [0.1, 0.15) is 32.8 Å². The second kappa shape index (κ2) is 8.08. The topological polar surface area (TPSA) is 67.9 Å². The number of nitrogens with one attached hydrogen (secondary N) is 1. The number of benzene rings is 1. The average Bonchev–Trinajstić information content (AvgIpc) is 2.94. The molecule has 0 aromatic heterocycles. The van der Waals surface area contributed by atoms with Gasteiger partial charge < -0.3 is 19.7 Å². The number of carbonyl (C=O) groups excluding carboxylic acids is 2. The largest absolute Gasteiger partial charge is 0.496 e. The fraction of sp³-hybridized carbons (Fsp3) is 0.556. The number of halogens is 1. The van der Waals surface area contributed by atoms with E-state index in [0.29, 0.717) is 19.5 Å². The number of likely N-dealkylation sites (tertiary alicyclic amines) is 1. The second-order valence-electron chi connectivity index (χ2n) is 7.12. The van der Waals surface area contributed by atoms with Crippen LogP contribution in [0.4, 0.5) is 4.79 Å². The van der Waals surface area contributed by atoms with Gasteiger partial charge in [0.2, 0.25) is 5.91 Å². The number of methoxy groups -OCH3 is 1. The van der Waals surface area contributed by atoms with Gasteiger partial charge in [0.05, 0.1) is 24.0 Å². The van der Waals surface area contributed by atoms with E-state index in [0.717, 1.165) is 22.2 Å². The van der Waals surface area contributed by atoms with E-state index >= 15 is 0 Å². The van der Waals surface area contributed by atoms with Crippen LogP contribution in [-0.2, 0) is 16.0 Å². The van der Waals surface area contributed by atoms with Crippen LogP contribution >= 0.6 is 15.9 Å². The van der Waals surface area contributed by atoms with Crippen molar-refractivity contribution < 1.29 is 19.1 Å². The summed E-state index contributed by atoms with van der Waals surface area (Å²) in [7, 11) is 1.60. The quantitative estimate of drug-likeness (QED) is 0.824. The van der Waals surface area contributed by atoms with Crippen molar-refractivity contribution in [2.45, 2.75) is 45.3 Å². The van der Waals surface area contributed by atoms with Crippen molar-refractivity contribution in [1.29, 1.82) is 0 Å². The molecule has 1 heterocycles. The summed E-state index contributed by atoms with van der Waals surface area (Å²) in [6.07, 6.45) is 0.616. The van der Waals surface area contributed by atoms with Crippen molar-refractivity contribution in [2.75, 3.05) is 20.2 Å². The normalized spacial score (nSPS) is 17.3. The lowest BCUT2D eigenvalue weighted by molar-refractivity contribution is -0.129. The van der Waals surface area contributed by atoms with Crippen molar-refractivity contribution in [3.05, 3.63) is 28.2 Å². The van der Waals surface area contributed by atoms with Crippen LogP contribution in [0.2, 0.25) is 0 Å². The first kappa shape index (κ1) is 19.6. The number of ether oxygens (including phenoxy) is 2. The first-order valence-electron chi connectivity index (χ1n) is 8.27. The van der Waals surface area contributed by atoms with E-state index in [1.165, 1.54) is 0 Å². The molecule has 2 rings (SSSR count). The van der Waals surface area contributed by atoms with Crippen LogP contribution in [0.25, 0.3) is 0 Å². The predicted molar refractivity (Wildman–Crippen MR) is 98.8 cm³/mol. The number of hydrogen-bond acceptors (Lipinski definition) is 4. The molecule has 1 aromatic carbocycles. The van der Waals surface area contributed by atoms with Gasteiger partial charge in [0.1, 0.15) is 11.4 Å². The molecule has 2 amide bonds. The Morgan fingerprint density at radius 2 is 2.08 bits per heavy atom. The summed E-state index contributed by atoms with van der Waals surface area (Å²) in [5, 5.41) is 2.83. The van der Waals surface area contributed by atoms with Crippen LogP contribution in [0, 0.1) is 0 Å². The van der Waals surface area contributed by atoms with Crippen molar-refractivity contribution in [3.63, 3.8) is 0 Å². The van der Waals surface area contributed by atoms with Crippen LogP contribution in [-0.4, -0.2) is 48.7 Å². The van der Waals surface area contributed by atoms with Gasteiger partial charge in [-0.1, -0.05) is 6.07 Å². The maximum atomic E-state index is 12.5. The van der Waals surface area contributed by atoms with Crippen LogP contribution in [0.5, 0.6) is 5.75 Å². The van der Waals surface area contributed by atoms with E-state index in [1.807, 2.05) is 39.0 Å². The maximum absolute atomic E-state index is 12.5. The van der Waals surface area contributed by atoms with Gasteiger partial charge in [-0.25, -0.2) is 4.79 Å². The molecule has 7 heteroatoms. The minimum Gasteiger partial charge on any atom is -0.496 e. The van der Waals surface area contributed by atoms with E-state index < -0.39 is 11.7 Å². The Bertz CT molecular complexity index is 642. The molecule has 0 aliphatic carbocycles. The zero-order chi connectivity index (χ0) is 18.6. The second-order valence-corrected chi connectivity index (χ2v) is 7.97. The number of alkyl carbamates (subject to hydrolysis) is 1. The van der Waals surface area contributed by atoms with Gasteiger partial charge in [-0.3, -0.25) is 4.79 Å². The van der Waals surface area contributed by atoms with Gasteiger partial charge in [0.15, 0.2) is 0 Å². The number of carbonyl (C=O) groups is 2. The lowest BCUT2D eigenvalue weighted by atomic mass is 10.1. The molecular formula is C18H25BrN2O4. The lowest BCUT2D eigenvalue weighted by Gasteiger charge is -2.22. The first-order chi connectivity index (χ1) is 11.7. The molecule has 1 aliphatic heterocycles. The van der Waals surface area contributed by atoms with E-state index in [4.69, 9.17) is 9.47 Å². The number of hydrogen-bond donors (Lipinski definition) is 1. The van der Waals surface area contributed by atoms with Gasteiger partial charge >= 0.3 is 6.09 Å². The summed E-state index contributed by atoms with van der Waals surface area (Å²) in [5.74, 6) is 0.782. The Morgan fingerprint density at radius 3 is 2.68 bits per heavy atom. The van der Waals surface area contributed by atoms with E-state index in [1.54, 1.807) is 12.0 Å². The zero-order valence-corrected chi connectivity index (χ0v) is 16.7. The highest BCUT2D eigenvalue weighted by Crippen LogP contribution is 2.26. The van der Waals surface area contributed by atoms with Crippen LogP contribution < -0.4 is 10.1 Å². The van der Waals surface area contributed by atoms with Gasteiger partial charge in [-0.15, -0.1) is 0 Å². The summed E-state index contributed by atoms with van der Waals surface area (Å²) >= 11 is 3.43. The fourth-order valence-corrected chi connectivity index (χ4v) is 3.27. The molecule has 1 fully saturated rings. The first-order valence-corrected chi connectivity index (χ1v) is 9.07. The molecule has 138 valence electrons. The number of amides is 2. The third-order valence-electron chi connectivity index (χ3n) is 3.83. The smallest absolute Gasteiger partial charge is 0.407 e.